The van der Waals surface area contributed by atoms with Crippen LogP contribution in [0.4, 0.5) is 26.3 Å². The molecule has 0 aliphatic carbocycles. The first-order chi connectivity index (χ1) is 8.34. The van der Waals surface area contributed by atoms with Crippen molar-refractivity contribution in [1.82, 2.24) is 16.0 Å². The lowest BCUT2D eigenvalue weighted by atomic mass is 10.4. The third kappa shape index (κ3) is 6.84. The zero-order valence-corrected chi connectivity index (χ0v) is 9.74. The van der Waals surface area contributed by atoms with E-state index in [-0.39, 0.29) is 0 Å². The Balaban J connectivity index is 4.24. The molecule has 0 spiro atoms. The maximum atomic E-state index is 11.9. The summed E-state index contributed by atoms with van der Waals surface area (Å²) in [7, 11) is 0. The van der Waals surface area contributed by atoms with Crippen LogP contribution in [0.2, 0.25) is 0 Å². The Morgan fingerprint density at radius 1 is 0.789 bits per heavy atom. The number of rotatable bonds is 4. The first-order valence-corrected chi connectivity index (χ1v) is 4.85. The van der Waals surface area contributed by atoms with E-state index < -0.39 is 36.5 Å². The minimum Gasteiger partial charge on any atom is -0.333 e. The molecule has 0 aromatic heterocycles. The Morgan fingerprint density at radius 2 is 1.05 bits per heavy atom. The predicted molar refractivity (Wildman–Crippen MR) is 50.5 cm³/mol. The van der Waals surface area contributed by atoms with Gasteiger partial charge >= 0.3 is 24.2 Å². The summed E-state index contributed by atoms with van der Waals surface area (Å²) in [5, 5.41) is 5.03. The molecule has 5 nitrogen and oxygen atoms in total. The van der Waals surface area contributed by atoms with Gasteiger partial charge in [-0.15, -0.1) is 0 Å². The quantitative estimate of drug-likeness (QED) is 0.526. The summed E-state index contributed by atoms with van der Waals surface area (Å²) in [6.07, 6.45) is -12.8. The zero-order chi connectivity index (χ0) is 15.4. The van der Waals surface area contributed by atoms with E-state index in [0.717, 1.165) is 13.8 Å². The highest BCUT2D eigenvalue weighted by molar-refractivity contribution is 5.82. The second-order valence-corrected chi connectivity index (χ2v) is 3.55. The van der Waals surface area contributed by atoms with E-state index in [1.165, 1.54) is 10.6 Å². The number of alkyl halides is 6. The van der Waals surface area contributed by atoms with Crippen molar-refractivity contribution in [2.24, 2.45) is 0 Å². The maximum Gasteiger partial charge on any atom is 0.471 e. The standard InChI is InChI=1S/C8H11F6N3O2/c1-3(16-5(18)7(9,10)11)15-4(2)17-6(19)8(12,13)14/h3-4,15H,1-2H3,(H,16,18)(H,17,19). The molecule has 0 fully saturated rings. The molecule has 0 bridgehead atoms. The molecule has 0 aromatic rings. The minimum atomic E-state index is -5.10. The molecular formula is C8H11F6N3O2. The van der Waals surface area contributed by atoms with E-state index in [1.54, 1.807) is 0 Å². The Bertz CT molecular complexity index is 308. The molecule has 11 heteroatoms. The molecule has 0 rings (SSSR count). The summed E-state index contributed by atoms with van der Waals surface area (Å²) in [6, 6.07) is 0. The van der Waals surface area contributed by atoms with Gasteiger partial charge in [-0.05, 0) is 13.8 Å². The van der Waals surface area contributed by atoms with E-state index in [1.807, 2.05) is 0 Å². The molecule has 2 unspecified atom stereocenters. The van der Waals surface area contributed by atoms with Gasteiger partial charge in [0.15, 0.2) is 0 Å². The molecule has 19 heavy (non-hydrogen) atoms. The fraction of sp³-hybridized carbons (Fsp3) is 0.750. The number of amides is 2. The fourth-order valence-corrected chi connectivity index (χ4v) is 1.02. The minimum absolute atomic E-state index is 1.07. The van der Waals surface area contributed by atoms with Crippen molar-refractivity contribution in [2.75, 3.05) is 0 Å². The predicted octanol–water partition coefficient (Wildman–Crippen LogP) is 0.625. The topological polar surface area (TPSA) is 70.2 Å². The number of carbonyl (C=O) groups excluding carboxylic acids is 2. The molecule has 0 heterocycles. The highest BCUT2D eigenvalue weighted by Crippen LogP contribution is 2.15. The monoisotopic (exact) mass is 295 g/mol. The SMILES string of the molecule is CC(NC(=O)C(F)(F)F)NC(C)NC(=O)C(F)(F)F. The average molecular weight is 295 g/mol. The Labute approximate surface area is 103 Å². The number of halogens is 6. The second-order valence-electron chi connectivity index (χ2n) is 3.55. The van der Waals surface area contributed by atoms with Crippen molar-refractivity contribution in [3.63, 3.8) is 0 Å². The van der Waals surface area contributed by atoms with Gasteiger partial charge in [0, 0.05) is 0 Å². The Kier molecular flexibility index (Phi) is 5.60. The smallest absolute Gasteiger partial charge is 0.333 e. The summed E-state index contributed by atoms with van der Waals surface area (Å²) in [4.78, 5) is 21.0. The first-order valence-electron chi connectivity index (χ1n) is 4.85. The van der Waals surface area contributed by atoms with Crippen LogP contribution in [-0.2, 0) is 9.59 Å². The largest absolute Gasteiger partial charge is 0.471 e. The van der Waals surface area contributed by atoms with Crippen LogP contribution in [0.15, 0.2) is 0 Å². The van der Waals surface area contributed by atoms with Gasteiger partial charge in [0.25, 0.3) is 0 Å². The van der Waals surface area contributed by atoms with Crippen molar-refractivity contribution in [3.8, 4) is 0 Å². The lowest BCUT2D eigenvalue weighted by molar-refractivity contribution is -0.175. The molecule has 0 radical (unpaired) electrons. The van der Waals surface area contributed by atoms with E-state index in [2.05, 4.69) is 5.32 Å². The van der Waals surface area contributed by atoms with Crippen LogP contribution in [0.5, 0.6) is 0 Å². The van der Waals surface area contributed by atoms with Crippen molar-refractivity contribution in [2.45, 2.75) is 38.5 Å². The lowest BCUT2D eigenvalue weighted by Gasteiger charge is -2.22. The maximum absolute atomic E-state index is 11.9. The molecule has 2 amide bonds. The van der Waals surface area contributed by atoms with Crippen LogP contribution < -0.4 is 16.0 Å². The van der Waals surface area contributed by atoms with Gasteiger partial charge in [-0.25, -0.2) is 0 Å². The van der Waals surface area contributed by atoms with E-state index in [0.29, 0.717) is 0 Å². The number of hydrogen-bond donors (Lipinski definition) is 3. The van der Waals surface area contributed by atoms with Crippen molar-refractivity contribution in [3.05, 3.63) is 0 Å². The van der Waals surface area contributed by atoms with Crippen molar-refractivity contribution < 1.29 is 35.9 Å². The van der Waals surface area contributed by atoms with Gasteiger partial charge in [-0.2, -0.15) is 26.3 Å². The summed E-state index contributed by atoms with van der Waals surface area (Å²) < 4.78 is 71.1. The molecular weight excluding hydrogens is 284 g/mol. The van der Waals surface area contributed by atoms with Crippen molar-refractivity contribution in [1.29, 1.82) is 0 Å². The van der Waals surface area contributed by atoms with E-state index in [9.17, 15) is 35.9 Å². The van der Waals surface area contributed by atoms with Crippen LogP contribution >= 0.6 is 0 Å². The van der Waals surface area contributed by atoms with Crippen LogP contribution in [-0.4, -0.2) is 36.5 Å². The van der Waals surface area contributed by atoms with Gasteiger partial charge in [-0.3, -0.25) is 14.9 Å². The molecule has 112 valence electrons. The van der Waals surface area contributed by atoms with Crippen LogP contribution in [0.3, 0.4) is 0 Å². The highest BCUT2D eigenvalue weighted by atomic mass is 19.4. The Morgan fingerprint density at radius 3 is 1.26 bits per heavy atom. The first kappa shape index (κ1) is 17.5. The van der Waals surface area contributed by atoms with Gasteiger partial charge in [-0.1, -0.05) is 0 Å². The molecule has 0 aliphatic rings. The molecule has 0 saturated heterocycles. The van der Waals surface area contributed by atoms with Gasteiger partial charge < -0.3 is 10.6 Å². The van der Waals surface area contributed by atoms with E-state index >= 15 is 0 Å². The van der Waals surface area contributed by atoms with Crippen LogP contribution in [0.1, 0.15) is 13.8 Å². The summed E-state index contributed by atoms with van der Waals surface area (Å²) in [6.45, 7) is 2.14. The lowest BCUT2D eigenvalue weighted by Crippen LogP contribution is -2.56. The summed E-state index contributed by atoms with van der Waals surface area (Å²) in [5.74, 6) is -4.50. The van der Waals surface area contributed by atoms with E-state index in [4.69, 9.17) is 0 Å². The third-order valence-electron chi connectivity index (χ3n) is 1.71. The molecule has 3 N–H and O–H groups in total. The molecule has 2 atom stereocenters. The van der Waals surface area contributed by atoms with Crippen LogP contribution in [0, 0.1) is 0 Å². The Hall–Kier alpha value is -1.52. The van der Waals surface area contributed by atoms with Crippen LogP contribution in [0.25, 0.3) is 0 Å². The zero-order valence-electron chi connectivity index (χ0n) is 9.74. The van der Waals surface area contributed by atoms with Gasteiger partial charge in [0.05, 0.1) is 12.3 Å². The summed E-state index contributed by atoms with van der Waals surface area (Å²) >= 11 is 0. The number of nitrogens with one attached hydrogen (secondary N) is 3. The highest BCUT2D eigenvalue weighted by Gasteiger charge is 2.40. The molecule has 0 saturated carbocycles. The van der Waals surface area contributed by atoms with Crippen molar-refractivity contribution >= 4 is 11.8 Å². The number of hydrogen-bond acceptors (Lipinski definition) is 3. The second kappa shape index (κ2) is 6.08. The normalized spacial score (nSPS) is 15.6. The number of carbonyl (C=O) groups is 2. The summed E-state index contributed by atoms with van der Waals surface area (Å²) in [5.41, 5.74) is 0. The van der Waals surface area contributed by atoms with Gasteiger partial charge in [0.1, 0.15) is 0 Å². The molecule has 0 aromatic carbocycles. The fourth-order valence-electron chi connectivity index (χ4n) is 1.02. The van der Waals surface area contributed by atoms with Gasteiger partial charge in [0.2, 0.25) is 0 Å². The average Bonchev–Trinajstić information content (AvgIpc) is 2.13. The molecule has 0 aliphatic heterocycles. The third-order valence-corrected chi connectivity index (χ3v) is 1.71.